The summed E-state index contributed by atoms with van der Waals surface area (Å²) < 4.78 is 6.86. The van der Waals surface area contributed by atoms with Crippen LogP contribution in [-0.2, 0) is 6.54 Å². The maximum absolute atomic E-state index is 11.6. The van der Waals surface area contributed by atoms with Crippen LogP contribution in [0.3, 0.4) is 0 Å². The van der Waals surface area contributed by atoms with E-state index in [2.05, 4.69) is 0 Å². The van der Waals surface area contributed by atoms with E-state index in [9.17, 15) is 4.79 Å². The van der Waals surface area contributed by atoms with Gasteiger partial charge in [0, 0.05) is 29.6 Å². The Morgan fingerprint density at radius 2 is 2.12 bits per heavy atom. The summed E-state index contributed by atoms with van der Waals surface area (Å²) >= 11 is 0. The number of benzene rings is 1. The van der Waals surface area contributed by atoms with E-state index in [1.165, 1.54) is 6.07 Å². The second-order valence-electron chi connectivity index (χ2n) is 3.74. The molecule has 0 fully saturated rings. The predicted molar refractivity (Wildman–Crippen MR) is 67.2 cm³/mol. The monoisotopic (exact) mass is 230 g/mol. The van der Waals surface area contributed by atoms with Gasteiger partial charge in [0.05, 0.1) is 13.7 Å². The number of rotatable bonds is 3. The molecule has 2 rings (SSSR count). The average Bonchev–Trinajstić information content (AvgIpc) is 2.34. The van der Waals surface area contributed by atoms with Gasteiger partial charge in [0.1, 0.15) is 5.75 Å². The van der Waals surface area contributed by atoms with Gasteiger partial charge in [0.25, 0.3) is 5.56 Å². The first-order valence-corrected chi connectivity index (χ1v) is 5.28. The first-order chi connectivity index (χ1) is 8.20. The lowest BCUT2D eigenvalue weighted by atomic mass is 10.2. The normalized spacial score (nSPS) is 10.2. The molecule has 0 atom stereocenters. The highest BCUT2D eigenvalue weighted by Crippen LogP contribution is 2.21. The van der Waals surface area contributed by atoms with Crippen LogP contribution in [0.25, 0.3) is 0 Å². The van der Waals surface area contributed by atoms with Crippen molar-refractivity contribution in [1.29, 1.82) is 0 Å². The van der Waals surface area contributed by atoms with Crippen LogP contribution in [0.2, 0.25) is 0 Å². The lowest BCUT2D eigenvalue weighted by Crippen LogP contribution is -2.18. The van der Waals surface area contributed by atoms with E-state index in [4.69, 9.17) is 10.5 Å². The van der Waals surface area contributed by atoms with Gasteiger partial charge < -0.3 is 15.0 Å². The molecule has 0 saturated carbocycles. The summed E-state index contributed by atoms with van der Waals surface area (Å²) in [5.41, 5.74) is 7.21. The second-order valence-corrected chi connectivity index (χ2v) is 3.74. The molecule has 1 aromatic carbocycles. The van der Waals surface area contributed by atoms with E-state index in [1.54, 1.807) is 36.1 Å². The maximum atomic E-state index is 11.6. The van der Waals surface area contributed by atoms with Crippen molar-refractivity contribution in [3.05, 3.63) is 58.5 Å². The molecule has 2 N–H and O–H groups in total. The van der Waals surface area contributed by atoms with Gasteiger partial charge in [-0.25, -0.2) is 0 Å². The van der Waals surface area contributed by atoms with Crippen LogP contribution in [0, 0.1) is 0 Å². The molecule has 0 spiro atoms. The summed E-state index contributed by atoms with van der Waals surface area (Å²) in [6.45, 7) is 0.475. The fraction of sp³-hybridized carbons (Fsp3) is 0.154. The molecule has 4 heteroatoms. The first kappa shape index (κ1) is 11.3. The van der Waals surface area contributed by atoms with Crippen LogP contribution in [0.5, 0.6) is 5.75 Å². The highest BCUT2D eigenvalue weighted by molar-refractivity contribution is 5.48. The van der Waals surface area contributed by atoms with E-state index in [0.29, 0.717) is 18.0 Å². The van der Waals surface area contributed by atoms with Gasteiger partial charge in [0.15, 0.2) is 0 Å². The number of hydrogen-bond acceptors (Lipinski definition) is 3. The van der Waals surface area contributed by atoms with Crippen LogP contribution in [0.4, 0.5) is 5.69 Å². The smallest absolute Gasteiger partial charge is 0.250 e. The minimum Gasteiger partial charge on any atom is -0.496 e. The molecule has 1 heterocycles. The molecule has 0 unspecified atom stereocenters. The summed E-state index contributed by atoms with van der Waals surface area (Å²) in [5.74, 6) is 0.695. The number of hydrogen-bond donors (Lipinski definition) is 1. The van der Waals surface area contributed by atoms with E-state index in [1.807, 2.05) is 12.1 Å². The van der Waals surface area contributed by atoms with E-state index in [-0.39, 0.29) is 5.56 Å². The third-order valence-electron chi connectivity index (χ3n) is 2.55. The molecule has 0 aliphatic rings. The number of nitrogens with two attached hydrogens (primary N) is 1. The lowest BCUT2D eigenvalue weighted by molar-refractivity contribution is 0.408. The van der Waals surface area contributed by atoms with Crippen molar-refractivity contribution in [3.63, 3.8) is 0 Å². The molecule has 0 amide bonds. The van der Waals surface area contributed by atoms with Crippen LogP contribution < -0.4 is 16.0 Å². The quantitative estimate of drug-likeness (QED) is 0.813. The topological polar surface area (TPSA) is 57.2 Å². The fourth-order valence-electron chi connectivity index (χ4n) is 1.67. The minimum atomic E-state index is -0.0358. The van der Waals surface area contributed by atoms with Crippen LogP contribution in [0.15, 0.2) is 47.4 Å². The Balaban J connectivity index is 2.36. The van der Waals surface area contributed by atoms with Gasteiger partial charge in [0.2, 0.25) is 0 Å². The van der Waals surface area contributed by atoms with Gasteiger partial charge in [-0.2, -0.15) is 0 Å². The van der Waals surface area contributed by atoms with Crippen molar-refractivity contribution in [2.75, 3.05) is 12.8 Å². The summed E-state index contributed by atoms with van der Waals surface area (Å²) in [6.07, 6.45) is 1.75. The lowest BCUT2D eigenvalue weighted by Gasteiger charge is -2.10. The van der Waals surface area contributed by atoms with Crippen molar-refractivity contribution in [3.8, 4) is 5.75 Å². The summed E-state index contributed by atoms with van der Waals surface area (Å²) in [7, 11) is 1.59. The molecule has 88 valence electrons. The molecule has 17 heavy (non-hydrogen) atoms. The Bertz CT molecular complexity index is 576. The fourth-order valence-corrected chi connectivity index (χ4v) is 1.67. The van der Waals surface area contributed by atoms with Crippen molar-refractivity contribution >= 4 is 5.69 Å². The molecule has 4 nitrogen and oxygen atoms in total. The van der Waals surface area contributed by atoms with E-state index in [0.717, 1.165) is 5.56 Å². The number of anilines is 1. The minimum absolute atomic E-state index is 0.0358. The molecule has 0 bridgehead atoms. The molecule has 0 saturated heterocycles. The number of nitrogens with zero attached hydrogens (tertiary/aromatic N) is 1. The SMILES string of the molecule is COc1cc(N)ccc1Cn1ccccc1=O. The third-order valence-corrected chi connectivity index (χ3v) is 2.55. The van der Waals surface area contributed by atoms with Crippen molar-refractivity contribution < 1.29 is 4.74 Å². The largest absolute Gasteiger partial charge is 0.496 e. The van der Waals surface area contributed by atoms with Crippen molar-refractivity contribution in [2.24, 2.45) is 0 Å². The highest BCUT2D eigenvalue weighted by Gasteiger charge is 2.04. The molecule has 0 aliphatic heterocycles. The Morgan fingerprint density at radius 1 is 1.29 bits per heavy atom. The third kappa shape index (κ3) is 2.47. The zero-order chi connectivity index (χ0) is 12.3. The Kier molecular flexibility index (Phi) is 3.14. The van der Waals surface area contributed by atoms with Crippen LogP contribution in [0.1, 0.15) is 5.56 Å². The first-order valence-electron chi connectivity index (χ1n) is 5.28. The number of pyridine rings is 1. The van der Waals surface area contributed by atoms with Gasteiger partial charge in [-0.15, -0.1) is 0 Å². The van der Waals surface area contributed by atoms with Gasteiger partial charge >= 0.3 is 0 Å². The Hall–Kier alpha value is -2.23. The zero-order valence-electron chi connectivity index (χ0n) is 9.59. The zero-order valence-corrected chi connectivity index (χ0v) is 9.59. The van der Waals surface area contributed by atoms with E-state index >= 15 is 0 Å². The van der Waals surface area contributed by atoms with Gasteiger partial charge in [-0.3, -0.25) is 4.79 Å². The number of ether oxygens (including phenoxy) is 1. The molecule has 2 aromatic rings. The molecular weight excluding hydrogens is 216 g/mol. The standard InChI is InChI=1S/C13H14N2O2/c1-17-12-8-11(14)6-5-10(12)9-15-7-3-2-4-13(15)16/h2-8H,9,14H2,1H3. The Labute approximate surface area is 99.3 Å². The summed E-state index contributed by atoms with van der Waals surface area (Å²) in [6, 6.07) is 10.5. The molecule has 0 aliphatic carbocycles. The molecule has 1 aromatic heterocycles. The molecule has 0 radical (unpaired) electrons. The predicted octanol–water partition coefficient (Wildman–Crippen LogP) is 1.49. The van der Waals surface area contributed by atoms with Crippen molar-refractivity contribution in [2.45, 2.75) is 6.54 Å². The van der Waals surface area contributed by atoms with Gasteiger partial charge in [-0.1, -0.05) is 12.1 Å². The number of methoxy groups -OCH3 is 1. The average molecular weight is 230 g/mol. The van der Waals surface area contributed by atoms with E-state index < -0.39 is 0 Å². The number of nitrogen functional groups attached to an aromatic ring is 1. The second kappa shape index (κ2) is 4.74. The highest BCUT2D eigenvalue weighted by atomic mass is 16.5. The summed E-state index contributed by atoms with van der Waals surface area (Å²) in [5, 5.41) is 0. The number of aromatic nitrogens is 1. The van der Waals surface area contributed by atoms with Gasteiger partial charge in [-0.05, 0) is 12.1 Å². The summed E-state index contributed by atoms with van der Waals surface area (Å²) in [4.78, 5) is 11.6. The Morgan fingerprint density at radius 3 is 2.82 bits per heavy atom. The molecular formula is C13H14N2O2. The van der Waals surface area contributed by atoms with Crippen LogP contribution >= 0.6 is 0 Å². The van der Waals surface area contributed by atoms with Crippen LogP contribution in [-0.4, -0.2) is 11.7 Å². The van der Waals surface area contributed by atoms with Crippen molar-refractivity contribution in [1.82, 2.24) is 4.57 Å². The maximum Gasteiger partial charge on any atom is 0.250 e.